The van der Waals surface area contributed by atoms with Crippen molar-refractivity contribution in [2.75, 3.05) is 0 Å². The van der Waals surface area contributed by atoms with Crippen LogP contribution in [0.25, 0.3) is 66.5 Å². The van der Waals surface area contributed by atoms with Crippen LogP contribution in [0.2, 0.25) is 0 Å². The Kier molecular flexibility index (Phi) is 6.56. The van der Waals surface area contributed by atoms with E-state index in [-0.39, 0.29) is 26.5 Å². The Balaban J connectivity index is 0.00000300. The van der Waals surface area contributed by atoms with Gasteiger partial charge in [0.2, 0.25) is 0 Å². The van der Waals surface area contributed by atoms with Gasteiger partial charge < -0.3 is 4.57 Å². The van der Waals surface area contributed by atoms with Crippen molar-refractivity contribution < 1.29 is 21.1 Å². The van der Waals surface area contributed by atoms with Crippen LogP contribution >= 0.6 is 0 Å². The smallest absolute Gasteiger partial charge is 0.313 e. The largest absolute Gasteiger partial charge is 2.00 e. The van der Waals surface area contributed by atoms with Crippen molar-refractivity contribution in [2.24, 2.45) is 0 Å². The van der Waals surface area contributed by atoms with Crippen molar-refractivity contribution >= 4 is 43.9 Å². The molecule has 0 aliphatic rings. The van der Waals surface area contributed by atoms with Gasteiger partial charge in [-0.15, -0.1) is 12.1 Å². The summed E-state index contributed by atoms with van der Waals surface area (Å²) in [6.07, 6.45) is 1.91. The summed E-state index contributed by atoms with van der Waals surface area (Å²) in [5.41, 5.74) is 8.16. The van der Waals surface area contributed by atoms with Crippen molar-refractivity contribution in [3.63, 3.8) is 0 Å². The minimum atomic E-state index is 0. The van der Waals surface area contributed by atoms with Gasteiger partial charge in [0, 0.05) is 27.7 Å². The predicted octanol–water partition coefficient (Wildman–Crippen LogP) is 9.23. The molecule has 5 heteroatoms. The van der Waals surface area contributed by atoms with Gasteiger partial charge in [-0.1, -0.05) is 57.2 Å². The number of fused-ring (bicyclic) bond motifs is 6. The summed E-state index contributed by atoms with van der Waals surface area (Å²) < 4.78 is 4.44. The summed E-state index contributed by atoms with van der Waals surface area (Å²) in [7, 11) is 0. The molecule has 8 aromatic rings. The molecule has 0 bridgehead atoms. The van der Waals surface area contributed by atoms with Crippen molar-refractivity contribution in [1.29, 1.82) is 0 Å². The molecule has 0 atom stereocenters. The molecule has 0 saturated heterocycles. The molecule has 0 radical (unpaired) electrons. The monoisotopic (exact) mass is 735 g/mol. The molecule has 4 aromatic heterocycles. The Morgan fingerprint density at radius 3 is 1.98 bits per heavy atom. The molecule has 0 saturated carbocycles. The van der Waals surface area contributed by atoms with Gasteiger partial charge in [-0.25, -0.2) is 21.1 Å². The zero-order chi connectivity index (χ0) is 28.4. The number of pyridine rings is 2. The molecule has 0 amide bonds. The molecule has 0 unspecified atom stereocenters. The van der Waals surface area contributed by atoms with E-state index in [1.54, 1.807) is 0 Å². The fourth-order valence-electron chi connectivity index (χ4n) is 6.04. The summed E-state index contributed by atoms with van der Waals surface area (Å²) in [4.78, 5) is 10.3. The number of rotatable bonds is 3. The topological polar surface area (TPSA) is 35.6 Å². The first kappa shape index (κ1) is 27.3. The quantitative estimate of drug-likeness (QED) is 0.170. The van der Waals surface area contributed by atoms with Gasteiger partial charge in [0.05, 0.1) is 11.0 Å². The van der Waals surface area contributed by atoms with Crippen LogP contribution in [0.15, 0.2) is 115 Å². The van der Waals surface area contributed by atoms with Crippen LogP contribution in [0, 0.1) is 12.1 Å². The van der Waals surface area contributed by atoms with E-state index in [1.165, 1.54) is 5.56 Å². The molecule has 0 aliphatic heterocycles. The minimum Gasteiger partial charge on any atom is -0.313 e. The van der Waals surface area contributed by atoms with E-state index in [0.717, 1.165) is 66.5 Å². The van der Waals surface area contributed by atoms with Gasteiger partial charge in [0.15, 0.2) is 0 Å². The summed E-state index contributed by atoms with van der Waals surface area (Å²) in [6, 6.07) is 45.0. The average molecular weight is 736 g/mol. The van der Waals surface area contributed by atoms with Crippen LogP contribution in [-0.4, -0.2) is 19.1 Å². The normalized spacial score (nSPS) is 11.9. The van der Waals surface area contributed by atoms with Crippen LogP contribution in [0.3, 0.4) is 0 Å². The Labute approximate surface area is 264 Å². The summed E-state index contributed by atoms with van der Waals surface area (Å²) in [5, 5.41) is 4.55. The second kappa shape index (κ2) is 10.3. The predicted molar refractivity (Wildman–Crippen MR) is 173 cm³/mol. The number of nitrogens with zero attached hydrogens (tertiary/aromatic N) is 4. The van der Waals surface area contributed by atoms with Crippen LogP contribution in [-0.2, 0) is 26.5 Å². The van der Waals surface area contributed by atoms with E-state index in [2.05, 4.69) is 133 Å². The minimum absolute atomic E-state index is 0. The van der Waals surface area contributed by atoms with Gasteiger partial charge in [0.1, 0.15) is 17.1 Å². The van der Waals surface area contributed by atoms with E-state index in [4.69, 9.17) is 9.97 Å². The molecule has 0 N–H and O–H groups in total. The Morgan fingerprint density at radius 2 is 1.28 bits per heavy atom. The molecule has 8 rings (SSSR count). The fourth-order valence-corrected chi connectivity index (χ4v) is 6.04. The Hall–Kier alpha value is -4.53. The van der Waals surface area contributed by atoms with Crippen LogP contribution < -0.4 is 0 Å². The maximum absolute atomic E-state index is 5.46. The van der Waals surface area contributed by atoms with Crippen LogP contribution in [0.4, 0.5) is 0 Å². The third-order valence-corrected chi connectivity index (χ3v) is 8.14. The molecule has 0 spiro atoms. The third-order valence-electron chi connectivity index (χ3n) is 8.14. The number of aromatic nitrogens is 4. The van der Waals surface area contributed by atoms with Gasteiger partial charge in [0.25, 0.3) is 0 Å². The van der Waals surface area contributed by atoms with Gasteiger partial charge in [-0.05, 0) is 47.0 Å². The Morgan fingerprint density at radius 1 is 0.628 bits per heavy atom. The molecule has 4 nitrogen and oxygen atoms in total. The second-order valence-electron chi connectivity index (χ2n) is 11.8. The number of hydrogen-bond donors (Lipinski definition) is 0. The van der Waals surface area contributed by atoms with E-state index in [9.17, 15) is 0 Å². The number of para-hydroxylation sites is 2. The first-order valence-electron chi connectivity index (χ1n) is 14.3. The molecular weight excluding hydrogens is 708 g/mol. The van der Waals surface area contributed by atoms with Gasteiger partial charge in [-0.2, -0.15) is 42.5 Å². The van der Waals surface area contributed by atoms with E-state index >= 15 is 0 Å². The standard InChI is InChI=1S/C38H28N4.Pt/c1-38(2,3)27-20-21-39-35(23-27)42-34-19-10-8-17-30(34)32-24-31-29-16-7-9-18-33(29)41(36(31)40-37(32)42)28-15-11-14-26(22-28)25-12-5-4-6-13-25;/h4-12,14-21,23-24H,1-3H3;/q-2;+2. The number of hydrogen-bond acceptors (Lipinski definition) is 2. The fraction of sp³-hybridized carbons (Fsp3) is 0.105. The molecule has 43 heavy (non-hydrogen) atoms. The van der Waals surface area contributed by atoms with Crippen molar-refractivity contribution in [3.05, 3.63) is 133 Å². The maximum Gasteiger partial charge on any atom is 2.00 e. The maximum atomic E-state index is 5.46. The zero-order valence-corrected chi connectivity index (χ0v) is 26.3. The van der Waals surface area contributed by atoms with E-state index in [1.807, 2.05) is 24.4 Å². The Bertz CT molecular complexity index is 2290. The van der Waals surface area contributed by atoms with Gasteiger partial charge >= 0.3 is 21.1 Å². The first-order chi connectivity index (χ1) is 20.5. The second-order valence-corrected chi connectivity index (χ2v) is 11.8. The molecular formula is C38H28N4Pt. The molecule has 4 aromatic carbocycles. The third kappa shape index (κ3) is 4.40. The molecule has 0 fully saturated rings. The summed E-state index contributed by atoms with van der Waals surface area (Å²) >= 11 is 0. The van der Waals surface area contributed by atoms with Crippen molar-refractivity contribution in [3.8, 4) is 22.6 Å². The number of benzene rings is 4. The van der Waals surface area contributed by atoms with Crippen LogP contribution in [0.5, 0.6) is 0 Å². The SMILES string of the molecule is CC(C)(C)c1ccnc(-n2c3ccccc3c3cc4c5ccccc5n(-c5[c-]c(-c6[c-]cccc6)ccc5)c4nc32)c1.[Pt+2]. The summed E-state index contributed by atoms with van der Waals surface area (Å²) in [5.74, 6) is 0.872. The van der Waals surface area contributed by atoms with E-state index in [0.29, 0.717) is 0 Å². The first-order valence-corrected chi connectivity index (χ1v) is 14.3. The molecule has 4 heterocycles. The summed E-state index contributed by atoms with van der Waals surface area (Å²) in [6.45, 7) is 6.70. The van der Waals surface area contributed by atoms with Gasteiger partial charge in [-0.3, -0.25) is 4.57 Å². The average Bonchev–Trinajstić information content (AvgIpc) is 3.52. The molecule has 0 aliphatic carbocycles. The van der Waals surface area contributed by atoms with E-state index < -0.39 is 0 Å². The zero-order valence-electron chi connectivity index (χ0n) is 24.1. The molecule has 210 valence electrons. The van der Waals surface area contributed by atoms with Crippen molar-refractivity contribution in [1.82, 2.24) is 19.1 Å². The van der Waals surface area contributed by atoms with Crippen LogP contribution in [0.1, 0.15) is 26.3 Å². The van der Waals surface area contributed by atoms with Crippen molar-refractivity contribution in [2.45, 2.75) is 26.2 Å².